The maximum atomic E-state index is 5.94. The Balaban J connectivity index is 0.000000281. The molecular weight excluding hydrogens is 487 g/mol. The summed E-state index contributed by atoms with van der Waals surface area (Å²) in [6, 6.07) is 32.3. The third-order valence-corrected chi connectivity index (χ3v) is 10.2. The second kappa shape index (κ2) is 13.4. The van der Waals surface area contributed by atoms with E-state index in [0.717, 1.165) is 12.8 Å². The lowest BCUT2D eigenvalue weighted by Gasteiger charge is -2.42. The van der Waals surface area contributed by atoms with E-state index in [0.29, 0.717) is 6.35 Å². The summed E-state index contributed by atoms with van der Waals surface area (Å²) in [6.45, 7) is 8.49. The van der Waals surface area contributed by atoms with E-state index < -0.39 is 7.26 Å². The molecule has 0 radical (unpaired) electrons. The van der Waals surface area contributed by atoms with Gasteiger partial charge in [-0.05, 0) is 69.7 Å². The second-order valence-electron chi connectivity index (χ2n) is 10.2. The van der Waals surface area contributed by atoms with Crippen LogP contribution >= 0.6 is 7.26 Å². The summed E-state index contributed by atoms with van der Waals surface area (Å²) in [4.78, 5) is 0. The van der Waals surface area contributed by atoms with Gasteiger partial charge >= 0.3 is 0 Å². The van der Waals surface area contributed by atoms with Crippen LogP contribution in [0.4, 0.5) is 0 Å². The zero-order chi connectivity index (χ0) is 25.4. The Bertz CT molecular complexity index is 952. The largest absolute Gasteiger partial charge is 1.00 e. The summed E-state index contributed by atoms with van der Waals surface area (Å²) in [6.07, 6.45) is 4.49. The minimum absolute atomic E-state index is 0. The van der Waals surface area contributed by atoms with Crippen molar-refractivity contribution in [3.63, 3.8) is 0 Å². The van der Waals surface area contributed by atoms with Crippen molar-refractivity contribution < 1.29 is 26.6 Å². The van der Waals surface area contributed by atoms with Gasteiger partial charge in [0.15, 0.2) is 6.35 Å². The minimum atomic E-state index is -1.78. The number of methoxy groups -OCH3 is 2. The van der Waals surface area contributed by atoms with Crippen LogP contribution in [0.2, 0.25) is 0 Å². The van der Waals surface area contributed by atoms with Crippen LogP contribution in [0.15, 0.2) is 103 Å². The highest BCUT2D eigenvalue weighted by Crippen LogP contribution is 2.55. The molecule has 0 N–H and O–H groups in total. The number of hydrogen-bond acceptors (Lipinski definition) is 3. The van der Waals surface area contributed by atoms with Gasteiger partial charge in [0, 0.05) is 20.0 Å². The monoisotopic (exact) mass is 526 g/mol. The Hall–Kier alpha value is -2.16. The Morgan fingerprint density at radius 2 is 1.06 bits per heavy atom. The smallest absolute Gasteiger partial charge is 0.170 e. The number of halogens is 1. The van der Waals surface area contributed by atoms with E-state index >= 15 is 0 Å². The molecule has 3 aromatic carbocycles. The van der Waals surface area contributed by atoms with Gasteiger partial charge in [-0.1, -0.05) is 54.6 Å². The highest BCUT2D eigenvalue weighted by atomic mass is 35.5. The Kier molecular flexibility index (Phi) is 11.2. The number of rotatable bonds is 6. The van der Waals surface area contributed by atoms with Crippen LogP contribution in [0.1, 0.15) is 40.5 Å². The van der Waals surface area contributed by atoms with Crippen molar-refractivity contribution in [2.45, 2.75) is 51.7 Å². The summed E-state index contributed by atoms with van der Waals surface area (Å²) in [5.41, 5.74) is 1.21. The van der Waals surface area contributed by atoms with Crippen LogP contribution in [-0.4, -0.2) is 31.8 Å². The third kappa shape index (κ3) is 7.67. The van der Waals surface area contributed by atoms with Gasteiger partial charge in [-0.15, -0.1) is 0 Å². The standard InChI is InChI=1S/C20H20OP.C11H20O2.ClH/c1-21-17-22(18-11-5-2-6-12-18,19-13-7-3-8-14-19)20-15-9-4-10-16-20;1-10(2)6-9(8-12-5)7-11(3,4)13-10;/h2-16H,17H2,1H3;8H,6-7H2,1-5H3;1H/q+1;;/p-1. The molecule has 1 heterocycles. The summed E-state index contributed by atoms with van der Waals surface area (Å²) in [7, 11) is 1.72. The first kappa shape index (κ1) is 30.1. The maximum absolute atomic E-state index is 5.94. The van der Waals surface area contributed by atoms with E-state index in [9.17, 15) is 0 Å². The van der Waals surface area contributed by atoms with Gasteiger partial charge in [0.25, 0.3) is 0 Å². The molecule has 3 nitrogen and oxygen atoms in total. The summed E-state index contributed by atoms with van der Waals surface area (Å²) >= 11 is 0. The fraction of sp³-hybridized carbons (Fsp3) is 0.355. The van der Waals surface area contributed by atoms with Crippen molar-refractivity contribution in [1.29, 1.82) is 0 Å². The molecule has 0 saturated carbocycles. The normalized spacial score (nSPS) is 16.1. The predicted molar refractivity (Wildman–Crippen MR) is 151 cm³/mol. The molecule has 5 heteroatoms. The van der Waals surface area contributed by atoms with Gasteiger partial charge in [0.2, 0.25) is 0 Å². The van der Waals surface area contributed by atoms with Crippen LogP contribution < -0.4 is 28.3 Å². The number of benzene rings is 3. The van der Waals surface area contributed by atoms with Crippen LogP contribution in [0, 0.1) is 0 Å². The van der Waals surface area contributed by atoms with E-state index in [4.69, 9.17) is 14.2 Å². The summed E-state index contributed by atoms with van der Waals surface area (Å²) in [5, 5.41) is 4.07. The van der Waals surface area contributed by atoms with Crippen molar-refractivity contribution in [3.05, 3.63) is 103 Å². The predicted octanol–water partition coefficient (Wildman–Crippen LogP) is 3.47. The molecule has 0 aromatic heterocycles. The zero-order valence-electron chi connectivity index (χ0n) is 22.4. The molecule has 0 unspecified atom stereocenters. The summed E-state index contributed by atoms with van der Waals surface area (Å²) < 4.78 is 16.7. The lowest BCUT2D eigenvalue weighted by atomic mass is 9.86. The molecule has 36 heavy (non-hydrogen) atoms. The molecule has 1 saturated heterocycles. The van der Waals surface area contributed by atoms with Crippen molar-refractivity contribution in [3.8, 4) is 0 Å². The molecule has 1 aliphatic rings. The van der Waals surface area contributed by atoms with E-state index in [1.54, 1.807) is 14.2 Å². The quantitative estimate of drug-likeness (QED) is 0.364. The Morgan fingerprint density at radius 3 is 1.36 bits per heavy atom. The molecule has 1 fully saturated rings. The molecule has 1 aliphatic heterocycles. The van der Waals surface area contributed by atoms with Crippen molar-refractivity contribution in [1.82, 2.24) is 0 Å². The first-order valence-corrected chi connectivity index (χ1v) is 14.1. The highest BCUT2D eigenvalue weighted by Gasteiger charge is 2.45. The molecule has 3 aromatic rings. The Morgan fingerprint density at radius 1 is 0.694 bits per heavy atom. The van der Waals surface area contributed by atoms with Gasteiger partial charge in [-0.2, -0.15) is 0 Å². The van der Waals surface area contributed by atoms with E-state index in [-0.39, 0.29) is 23.6 Å². The molecule has 194 valence electrons. The molecule has 0 bridgehead atoms. The van der Waals surface area contributed by atoms with Gasteiger partial charge < -0.3 is 26.6 Å². The molecule has 0 aliphatic carbocycles. The third-order valence-electron chi connectivity index (χ3n) is 6.06. The maximum Gasteiger partial charge on any atom is 0.170 e. The fourth-order valence-corrected chi connectivity index (χ4v) is 8.91. The number of hydrogen-bond donors (Lipinski definition) is 0. The molecule has 4 rings (SSSR count). The molecule has 0 amide bonds. The molecule has 0 spiro atoms. The van der Waals surface area contributed by atoms with Crippen molar-refractivity contribution in [2.75, 3.05) is 20.6 Å². The van der Waals surface area contributed by atoms with Gasteiger partial charge in [0.05, 0.1) is 24.6 Å². The first-order chi connectivity index (χ1) is 16.7. The molecule has 0 atom stereocenters. The fourth-order valence-electron chi connectivity index (χ4n) is 5.14. The average Bonchev–Trinajstić information content (AvgIpc) is 2.83. The topological polar surface area (TPSA) is 27.7 Å². The lowest BCUT2D eigenvalue weighted by Crippen LogP contribution is -3.00. The second-order valence-corrected chi connectivity index (χ2v) is 13.6. The summed E-state index contributed by atoms with van der Waals surface area (Å²) in [5.74, 6) is 0. The minimum Gasteiger partial charge on any atom is -1.00 e. The van der Waals surface area contributed by atoms with Crippen LogP contribution in [-0.2, 0) is 14.2 Å². The van der Waals surface area contributed by atoms with Gasteiger partial charge in [0.1, 0.15) is 23.2 Å². The molecular formula is C31H40ClO3P. The SMILES string of the molecule is COC=C1CC(C)(C)OC(C)(C)C1.COC[P+](c1ccccc1)(c1ccccc1)c1ccccc1.[Cl-]. The highest BCUT2D eigenvalue weighted by molar-refractivity contribution is 7.95. The number of ether oxygens (including phenoxy) is 3. The van der Waals surface area contributed by atoms with Crippen molar-refractivity contribution in [2.24, 2.45) is 0 Å². The average molecular weight is 527 g/mol. The van der Waals surface area contributed by atoms with Crippen LogP contribution in [0.5, 0.6) is 0 Å². The van der Waals surface area contributed by atoms with E-state index in [2.05, 4.69) is 119 Å². The van der Waals surface area contributed by atoms with Crippen LogP contribution in [0.3, 0.4) is 0 Å². The zero-order valence-corrected chi connectivity index (χ0v) is 24.1. The lowest BCUT2D eigenvalue weighted by molar-refractivity contribution is -0.139. The first-order valence-electron chi connectivity index (χ1n) is 12.2. The Labute approximate surface area is 224 Å². The van der Waals surface area contributed by atoms with Crippen molar-refractivity contribution >= 4 is 23.2 Å². The van der Waals surface area contributed by atoms with Gasteiger partial charge in [-0.25, -0.2) is 0 Å². The van der Waals surface area contributed by atoms with Crippen LogP contribution in [0.25, 0.3) is 0 Å². The van der Waals surface area contributed by atoms with Gasteiger partial charge in [-0.3, -0.25) is 0 Å². The van der Waals surface area contributed by atoms with E-state index in [1.165, 1.54) is 21.5 Å². The van der Waals surface area contributed by atoms with E-state index in [1.807, 2.05) is 6.26 Å².